The van der Waals surface area contributed by atoms with E-state index in [4.69, 9.17) is 4.74 Å². The molecule has 5 nitrogen and oxygen atoms in total. The van der Waals surface area contributed by atoms with Crippen LogP contribution in [0.15, 0.2) is 48.5 Å². The number of aryl methyl sites for hydroxylation is 2. The van der Waals surface area contributed by atoms with Gasteiger partial charge in [0.25, 0.3) is 5.91 Å². The molecular formula is C22H27NO4S. The summed E-state index contributed by atoms with van der Waals surface area (Å²) in [4.78, 5) is 14.9. The number of nitrogens with zero attached hydrogens (tertiary/aromatic N) is 1. The van der Waals surface area contributed by atoms with Crippen molar-refractivity contribution < 1.29 is 17.9 Å². The van der Waals surface area contributed by atoms with Crippen LogP contribution in [0, 0.1) is 13.8 Å². The fraction of sp³-hybridized carbons (Fsp3) is 0.409. The predicted molar refractivity (Wildman–Crippen MR) is 110 cm³/mol. The third-order valence-corrected chi connectivity index (χ3v) is 7.02. The third-order valence-electron chi connectivity index (χ3n) is 5.27. The molecule has 150 valence electrons. The second-order valence-electron chi connectivity index (χ2n) is 7.51. The third kappa shape index (κ3) is 4.93. The molecule has 28 heavy (non-hydrogen) atoms. The molecule has 2 aromatic carbocycles. The zero-order chi connectivity index (χ0) is 20.3. The van der Waals surface area contributed by atoms with Crippen molar-refractivity contribution in [1.29, 1.82) is 0 Å². The molecule has 6 heteroatoms. The van der Waals surface area contributed by atoms with Gasteiger partial charge in [-0.2, -0.15) is 0 Å². The highest BCUT2D eigenvalue weighted by Crippen LogP contribution is 2.23. The van der Waals surface area contributed by atoms with Crippen LogP contribution in [0.5, 0.6) is 5.75 Å². The fourth-order valence-electron chi connectivity index (χ4n) is 3.46. The van der Waals surface area contributed by atoms with Gasteiger partial charge in [0, 0.05) is 12.6 Å². The van der Waals surface area contributed by atoms with Crippen molar-refractivity contribution in [3.8, 4) is 5.75 Å². The van der Waals surface area contributed by atoms with Gasteiger partial charge in [0.05, 0.1) is 11.5 Å². The Labute approximate surface area is 167 Å². The summed E-state index contributed by atoms with van der Waals surface area (Å²) in [6.45, 7) is 6.12. The van der Waals surface area contributed by atoms with Crippen molar-refractivity contribution in [1.82, 2.24) is 4.90 Å². The summed E-state index contributed by atoms with van der Waals surface area (Å²) in [5.41, 5.74) is 3.23. The highest BCUT2D eigenvalue weighted by molar-refractivity contribution is 7.91. The first-order chi connectivity index (χ1) is 13.2. The largest absolute Gasteiger partial charge is 0.481 e. The molecule has 0 bridgehead atoms. The van der Waals surface area contributed by atoms with Gasteiger partial charge < -0.3 is 9.64 Å². The minimum absolute atomic E-state index is 0.0158. The molecule has 1 saturated heterocycles. The molecule has 2 aromatic rings. The molecule has 0 spiro atoms. The summed E-state index contributed by atoms with van der Waals surface area (Å²) >= 11 is 0. The number of amides is 1. The first-order valence-electron chi connectivity index (χ1n) is 9.54. The Balaban J connectivity index is 1.79. The van der Waals surface area contributed by atoms with Crippen LogP contribution in [0.2, 0.25) is 0 Å². The Hall–Kier alpha value is -2.34. The normalized spacial score (nSPS) is 19.2. The fourth-order valence-corrected chi connectivity index (χ4v) is 5.19. The molecular weight excluding hydrogens is 374 g/mol. The van der Waals surface area contributed by atoms with Crippen molar-refractivity contribution in [3.05, 3.63) is 65.2 Å². The van der Waals surface area contributed by atoms with E-state index in [-0.39, 0.29) is 23.5 Å². The second kappa shape index (κ2) is 8.35. The Morgan fingerprint density at radius 1 is 1.14 bits per heavy atom. The predicted octanol–water partition coefficient (Wildman–Crippen LogP) is 3.29. The quantitative estimate of drug-likeness (QED) is 0.745. The summed E-state index contributed by atoms with van der Waals surface area (Å²) in [6.07, 6.45) is -0.230. The standard InChI is InChI=1S/C22H27NO4S/c1-16-9-10-21(13-17(16)2)27-18(3)22(24)23(14-19-7-5-4-6-8-19)20-11-12-28(25,26)15-20/h4-10,13,18,20H,11-12,14-15H2,1-3H3/t18-,20+/m1/s1. The van der Waals surface area contributed by atoms with E-state index in [0.29, 0.717) is 18.7 Å². The van der Waals surface area contributed by atoms with E-state index in [0.717, 1.165) is 16.7 Å². The van der Waals surface area contributed by atoms with E-state index in [9.17, 15) is 13.2 Å². The molecule has 0 aromatic heterocycles. The van der Waals surface area contributed by atoms with Crippen LogP contribution in [0.1, 0.15) is 30.0 Å². The monoisotopic (exact) mass is 401 g/mol. The van der Waals surface area contributed by atoms with Crippen LogP contribution in [-0.2, 0) is 21.2 Å². The van der Waals surface area contributed by atoms with Gasteiger partial charge in [0.1, 0.15) is 5.75 Å². The lowest BCUT2D eigenvalue weighted by Gasteiger charge is -2.31. The first kappa shape index (κ1) is 20.4. The van der Waals surface area contributed by atoms with Crippen LogP contribution in [0.3, 0.4) is 0 Å². The van der Waals surface area contributed by atoms with Crippen LogP contribution < -0.4 is 4.74 Å². The molecule has 1 fully saturated rings. The van der Waals surface area contributed by atoms with E-state index in [1.54, 1.807) is 11.8 Å². The van der Waals surface area contributed by atoms with Crippen molar-refractivity contribution in [3.63, 3.8) is 0 Å². The number of carbonyl (C=O) groups excluding carboxylic acids is 1. The highest BCUT2D eigenvalue weighted by atomic mass is 32.2. The Bertz CT molecular complexity index is 940. The molecule has 0 N–H and O–H groups in total. The van der Waals surface area contributed by atoms with Gasteiger partial charge in [-0.25, -0.2) is 8.42 Å². The topological polar surface area (TPSA) is 63.7 Å². The molecule has 1 aliphatic rings. The molecule has 1 aliphatic heterocycles. The van der Waals surface area contributed by atoms with Crippen molar-refractivity contribution in [2.45, 2.75) is 45.9 Å². The lowest BCUT2D eigenvalue weighted by molar-refractivity contribution is -0.140. The van der Waals surface area contributed by atoms with Crippen LogP contribution >= 0.6 is 0 Å². The van der Waals surface area contributed by atoms with E-state index in [1.807, 2.05) is 62.4 Å². The zero-order valence-electron chi connectivity index (χ0n) is 16.6. The zero-order valence-corrected chi connectivity index (χ0v) is 17.4. The first-order valence-corrected chi connectivity index (χ1v) is 11.4. The molecule has 1 heterocycles. The molecule has 0 aliphatic carbocycles. The number of benzene rings is 2. The average Bonchev–Trinajstić information content (AvgIpc) is 3.02. The van der Waals surface area contributed by atoms with Gasteiger partial charge in [-0.05, 0) is 56.0 Å². The summed E-state index contributed by atoms with van der Waals surface area (Å²) < 4.78 is 29.9. The van der Waals surface area contributed by atoms with Crippen molar-refractivity contribution in [2.75, 3.05) is 11.5 Å². The molecule has 0 unspecified atom stereocenters. The average molecular weight is 402 g/mol. The second-order valence-corrected chi connectivity index (χ2v) is 9.74. The minimum atomic E-state index is -3.10. The molecule has 3 rings (SSSR count). The smallest absolute Gasteiger partial charge is 0.263 e. The van der Waals surface area contributed by atoms with Crippen molar-refractivity contribution >= 4 is 15.7 Å². The maximum Gasteiger partial charge on any atom is 0.263 e. The summed E-state index contributed by atoms with van der Waals surface area (Å²) in [6, 6.07) is 15.1. The molecule has 2 atom stereocenters. The lowest BCUT2D eigenvalue weighted by Crippen LogP contribution is -2.46. The lowest BCUT2D eigenvalue weighted by atomic mass is 10.1. The van der Waals surface area contributed by atoms with Crippen molar-refractivity contribution in [2.24, 2.45) is 0 Å². The Kier molecular flexibility index (Phi) is 6.08. The van der Waals surface area contributed by atoms with E-state index >= 15 is 0 Å². The number of ether oxygens (including phenoxy) is 1. The SMILES string of the molecule is Cc1ccc(O[C@H](C)C(=O)N(Cc2ccccc2)[C@H]2CCS(=O)(=O)C2)cc1C. The summed E-state index contributed by atoms with van der Waals surface area (Å²) in [7, 11) is -3.10. The van der Waals surface area contributed by atoms with Crippen LogP contribution in [-0.4, -0.2) is 42.9 Å². The number of hydrogen-bond acceptors (Lipinski definition) is 4. The Morgan fingerprint density at radius 3 is 2.46 bits per heavy atom. The van der Waals surface area contributed by atoms with Gasteiger partial charge in [0.15, 0.2) is 15.9 Å². The van der Waals surface area contributed by atoms with Gasteiger partial charge in [-0.1, -0.05) is 36.4 Å². The number of rotatable bonds is 6. The number of hydrogen-bond donors (Lipinski definition) is 0. The van der Waals surface area contributed by atoms with E-state index < -0.39 is 15.9 Å². The summed E-state index contributed by atoms with van der Waals surface area (Å²) in [5, 5.41) is 0. The number of sulfone groups is 1. The van der Waals surface area contributed by atoms with Gasteiger partial charge >= 0.3 is 0 Å². The van der Waals surface area contributed by atoms with E-state index in [2.05, 4.69) is 0 Å². The maximum absolute atomic E-state index is 13.2. The van der Waals surface area contributed by atoms with E-state index in [1.165, 1.54) is 0 Å². The molecule has 0 radical (unpaired) electrons. The summed E-state index contributed by atoms with van der Waals surface area (Å²) in [5.74, 6) is 0.594. The highest BCUT2D eigenvalue weighted by Gasteiger charge is 2.36. The van der Waals surface area contributed by atoms with Crippen LogP contribution in [0.4, 0.5) is 0 Å². The van der Waals surface area contributed by atoms with Crippen LogP contribution in [0.25, 0.3) is 0 Å². The Morgan fingerprint density at radius 2 is 1.86 bits per heavy atom. The number of carbonyl (C=O) groups is 1. The maximum atomic E-state index is 13.2. The molecule has 1 amide bonds. The van der Waals surface area contributed by atoms with Gasteiger partial charge in [0.2, 0.25) is 0 Å². The molecule has 0 saturated carbocycles. The van der Waals surface area contributed by atoms with Gasteiger partial charge in [-0.15, -0.1) is 0 Å². The van der Waals surface area contributed by atoms with Gasteiger partial charge in [-0.3, -0.25) is 4.79 Å². The minimum Gasteiger partial charge on any atom is -0.481 e.